The summed E-state index contributed by atoms with van der Waals surface area (Å²) in [5.41, 5.74) is 3.96. The van der Waals surface area contributed by atoms with Crippen molar-refractivity contribution in [3.63, 3.8) is 0 Å². The maximum atomic E-state index is 11.9. The fraction of sp³-hybridized carbons (Fsp3) is 0.357. The zero-order valence-electron chi connectivity index (χ0n) is 11.4. The van der Waals surface area contributed by atoms with E-state index < -0.39 is 0 Å². The van der Waals surface area contributed by atoms with Crippen molar-refractivity contribution in [2.24, 2.45) is 0 Å². The monoisotopic (exact) mass is 289 g/mol. The van der Waals surface area contributed by atoms with Crippen LogP contribution in [0.3, 0.4) is 0 Å². The molecule has 3 rings (SSSR count). The number of pyridine rings is 1. The highest BCUT2D eigenvalue weighted by Gasteiger charge is 2.19. The number of fused-ring (bicyclic) bond motifs is 1. The van der Waals surface area contributed by atoms with Crippen LogP contribution in [0, 0.1) is 13.8 Å². The van der Waals surface area contributed by atoms with Crippen LogP contribution >= 0.6 is 11.8 Å². The predicted molar refractivity (Wildman–Crippen MR) is 77.3 cm³/mol. The molecule has 20 heavy (non-hydrogen) atoms. The quantitative estimate of drug-likeness (QED) is 0.691. The maximum Gasteiger partial charge on any atom is 0.258 e. The third kappa shape index (κ3) is 2.43. The van der Waals surface area contributed by atoms with Crippen LogP contribution < -0.4 is 10.3 Å². The van der Waals surface area contributed by atoms with E-state index in [0.717, 1.165) is 11.4 Å². The van der Waals surface area contributed by atoms with Gasteiger partial charge in [0.25, 0.3) is 5.56 Å². The van der Waals surface area contributed by atoms with Crippen molar-refractivity contribution in [2.45, 2.75) is 31.2 Å². The van der Waals surface area contributed by atoms with Gasteiger partial charge >= 0.3 is 0 Å². The summed E-state index contributed by atoms with van der Waals surface area (Å²) in [6.45, 7) is 4.60. The molecule has 0 aromatic carbocycles. The second kappa shape index (κ2) is 5.28. The summed E-state index contributed by atoms with van der Waals surface area (Å²) >= 11 is 1.50. The number of H-pyrrole nitrogens is 1. The Morgan fingerprint density at radius 2 is 2.30 bits per heavy atom. The van der Waals surface area contributed by atoms with Gasteiger partial charge in [-0.3, -0.25) is 9.78 Å². The first-order valence-corrected chi connectivity index (χ1v) is 7.43. The van der Waals surface area contributed by atoms with Gasteiger partial charge in [-0.15, -0.1) is 0 Å². The number of nitrogens with one attached hydrogen (secondary N) is 1. The van der Waals surface area contributed by atoms with Crippen molar-refractivity contribution in [3.05, 3.63) is 45.0 Å². The molecule has 0 saturated carbocycles. The zero-order valence-corrected chi connectivity index (χ0v) is 12.2. The number of hydrogen-bond donors (Lipinski definition) is 1. The Morgan fingerprint density at radius 3 is 3.10 bits per heavy atom. The van der Waals surface area contributed by atoms with Gasteiger partial charge in [0, 0.05) is 24.1 Å². The molecule has 2 aromatic rings. The van der Waals surface area contributed by atoms with Crippen LogP contribution in [0.25, 0.3) is 0 Å². The summed E-state index contributed by atoms with van der Waals surface area (Å²) in [5.74, 6) is 1.21. The van der Waals surface area contributed by atoms with Crippen LogP contribution in [0.4, 0.5) is 0 Å². The van der Waals surface area contributed by atoms with E-state index in [9.17, 15) is 4.79 Å². The summed E-state index contributed by atoms with van der Waals surface area (Å²) in [6.07, 6.45) is 2.45. The highest BCUT2D eigenvalue weighted by atomic mass is 32.2. The molecule has 0 spiro atoms. The molecule has 104 valence electrons. The molecule has 0 bridgehead atoms. The molecule has 0 unspecified atom stereocenters. The fourth-order valence-electron chi connectivity index (χ4n) is 2.20. The van der Waals surface area contributed by atoms with Crippen LogP contribution in [0.1, 0.15) is 22.4 Å². The summed E-state index contributed by atoms with van der Waals surface area (Å²) < 4.78 is 5.36. The molecular formula is C14H15N3O2S. The maximum absolute atomic E-state index is 11.9. The largest absolute Gasteiger partial charge is 0.477 e. The Morgan fingerprint density at radius 1 is 1.45 bits per heavy atom. The Labute approximate surface area is 120 Å². The molecule has 1 aliphatic heterocycles. The molecular weight excluding hydrogens is 274 g/mol. The van der Waals surface area contributed by atoms with Gasteiger partial charge in [0.1, 0.15) is 0 Å². The number of nitrogens with zero attached hydrogens (tertiary/aromatic N) is 2. The van der Waals surface area contributed by atoms with Gasteiger partial charge in [-0.1, -0.05) is 11.8 Å². The highest BCUT2D eigenvalue weighted by Crippen LogP contribution is 2.25. The van der Waals surface area contributed by atoms with Gasteiger partial charge in [0.05, 0.1) is 12.2 Å². The lowest BCUT2D eigenvalue weighted by Crippen LogP contribution is -2.12. The van der Waals surface area contributed by atoms with Crippen molar-refractivity contribution in [1.82, 2.24) is 15.0 Å². The van der Waals surface area contributed by atoms with Gasteiger partial charge in [-0.05, 0) is 31.0 Å². The van der Waals surface area contributed by atoms with Gasteiger partial charge in [-0.2, -0.15) is 4.98 Å². The van der Waals surface area contributed by atoms with E-state index in [0.29, 0.717) is 29.6 Å². The number of hydrogen-bond acceptors (Lipinski definition) is 5. The summed E-state index contributed by atoms with van der Waals surface area (Å²) in [7, 11) is 0. The third-order valence-corrected chi connectivity index (χ3v) is 4.31. The number of aryl methyl sites for hydroxylation is 2. The Balaban J connectivity index is 1.83. The Kier molecular flexibility index (Phi) is 3.48. The first-order valence-electron chi connectivity index (χ1n) is 6.45. The molecule has 0 atom stereocenters. The van der Waals surface area contributed by atoms with Gasteiger partial charge in [-0.25, -0.2) is 0 Å². The van der Waals surface area contributed by atoms with Crippen molar-refractivity contribution in [3.8, 4) is 5.88 Å². The van der Waals surface area contributed by atoms with Gasteiger partial charge in [0.15, 0.2) is 5.16 Å². The normalized spacial score (nSPS) is 13.1. The summed E-state index contributed by atoms with van der Waals surface area (Å²) in [5, 5.41) is 0.596. The minimum absolute atomic E-state index is 0.0883. The van der Waals surface area contributed by atoms with E-state index in [4.69, 9.17) is 4.74 Å². The van der Waals surface area contributed by atoms with Crippen molar-refractivity contribution in [1.29, 1.82) is 0 Å². The molecule has 5 nitrogen and oxygen atoms in total. The minimum atomic E-state index is -0.0883. The van der Waals surface area contributed by atoms with E-state index in [1.807, 2.05) is 19.2 Å². The van der Waals surface area contributed by atoms with Crippen LogP contribution in [0.15, 0.2) is 22.2 Å². The van der Waals surface area contributed by atoms with Crippen molar-refractivity contribution in [2.75, 3.05) is 6.61 Å². The third-order valence-electron chi connectivity index (χ3n) is 3.41. The number of rotatable bonds is 3. The highest BCUT2D eigenvalue weighted by molar-refractivity contribution is 7.98. The van der Waals surface area contributed by atoms with E-state index in [2.05, 4.69) is 21.9 Å². The SMILES string of the molecule is Cc1ccnc(C)c1CSc1nc2c(c(=O)[nH]1)CCO2. The predicted octanol–water partition coefficient (Wildman–Crippen LogP) is 2.01. The smallest absolute Gasteiger partial charge is 0.258 e. The van der Waals surface area contributed by atoms with Crippen LogP contribution in [0.5, 0.6) is 5.88 Å². The van der Waals surface area contributed by atoms with Gasteiger partial charge < -0.3 is 9.72 Å². The van der Waals surface area contributed by atoms with Crippen LogP contribution in [0.2, 0.25) is 0 Å². The number of thioether (sulfide) groups is 1. The molecule has 0 fully saturated rings. The fourth-order valence-corrected chi connectivity index (χ4v) is 3.23. The van der Waals surface area contributed by atoms with E-state index in [1.165, 1.54) is 22.9 Å². The Hall–Kier alpha value is -1.82. The van der Waals surface area contributed by atoms with Crippen LogP contribution in [-0.2, 0) is 12.2 Å². The first kappa shape index (κ1) is 13.2. The lowest BCUT2D eigenvalue weighted by Gasteiger charge is -2.08. The number of aromatic amines is 1. The lowest BCUT2D eigenvalue weighted by atomic mass is 10.1. The zero-order chi connectivity index (χ0) is 14.1. The lowest BCUT2D eigenvalue weighted by molar-refractivity contribution is 0.342. The minimum Gasteiger partial charge on any atom is -0.477 e. The number of ether oxygens (including phenoxy) is 1. The second-order valence-electron chi connectivity index (χ2n) is 4.73. The van der Waals surface area contributed by atoms with E-state index in [1.54, 1.807) is 0 Å². The van der Waals surface area contributed by atoms with Crippen LogP contribution in [-0.4, -0.2) is 21.6 Å². The van der Waals surface area contributed by atoms with Gasteiger partial charge in [0.2, 0.25) is 5.88 Å². The van der Waals surface area contributed by atoms with E-state index in [-0.39, 0.29) is 5.56 Å². The summed E-state index contributed by atoms with van der Waals surface area (Å²) in [4.78, 5) is 23.3. The topological polar surface area (TPSA) is 67.9 Å². The molecule has 0 radical (unpaired) electrons. The first-order chi connectivity index (χ1) is 9.65. The molecule has 1 aliphatic rings. The Bertz CT molecular complexity index is 692. The standard InChI is InChI=1S/C14H15N3O2S/c1-8-3-5-15-9(2)11(8)7-20-14-16-12(18)10-4-6-19-13(10)17-14/h3,5H,4,6-7H2,1-2H3,(H,16,17,18). The molecule has 0 aliphatic carbocycles. The molecule has 3 heterocycles. The molecule has 0 amide bonds. The molecule has 1 N–H and O–H groups in total. The molecule has 6 heteroatoms. The molecule has 0 saturated heterocycles. The average molecular weight is 289 g/mol. The molecule has 2 aromatic heterocycles. The van der Waals surface area contributed by atoms with Crippen molar-refractivity contribution < 1.29 is 4.74 Å². The summed E-state index contributed by atoms with van der Waals surface area (Å²) in [6, 6.07) is 1.99. The van der Waals surface area contributed by atoms with E-state index >= 15 is 0 Å². The average Bonchev–Trinajstić information content (AvgIpc) is 2.87. The van der Waals surface area contributed by atoms with Crippen molar-refractivity contribution >= 4 is 11.8 Å². The second-order valence-corrected chi connectivity index (χ2v) is 5.70. The number of aromatic nitrogens is 3.